The van der Waals surface area contributed by atoms with Crippen LogP contribution in [0.3, 0.4) is 0 Å². The van der Waals surface area contributed by atoms with Gasteiger partial charge in [0.1, 0.15) is 0 Å². The lowest BCUT2D eigenvalue weighted by atomic mass is 10.1. The minimum Gasteiger partial charge on any atom is -0.312 e. The number of aromatic nitrogens is 2. The van der Waals surface area contributed by atoms with Gasteiger partial charge >= 0.3 is 15.2 Å². The van der Waals surface area contributed by atoms with E-state index in [1.165, 1.54) is 28.4 Å². The van der Waals surface area contributed by atoms with Crippen molar-refractivity contribution in [1.82, 2.24) is 9.97 Å². The van der Waals surface area contributed by atoms with Crippen LogP contribution in [0, 0.1) is 0 Å². The summed E-state index contributed by atoms with van der Waals surface area (Å²) in [5.74, 6) is 0. The van der Waals surface area contributed by atoms with Gasteiger partial charge in [0.15, 0.2) is 0 Å². The second kappa shape index (κ2) is 9.00. The second-order valence-electron chi connectivity index (χ2n) is 5.37. The molecular formula is C16H22N2O6P2. The molecule has 142 valence electrons. The summed E-state index contributed by atoms with van der Waals surface area (Å²) in [6.45, 7) is 0. The molecular weight excluding hydrogens is 378 g/mol. The molecule has 2 aromatic heterocycles. The van der Waals surface area contributed by atoms with E-state index in [1.54, 1.807) is 36.7 Å². The molecule has 0 atom stereocenters. The molecule has 0 aliphatic carbocycles. The minimum absolute atomic E-state index is 0.123. The SMILES string of the molecule is COP(=O)(Cc1ccnc(-c2cc(CP(=O)(OC)OC)ccn2)c1)OC. The van der Waals surface area contributed by atoms with Crippen molar-refractivity contribution in [3.63, 3.8) is 0 Å². The fraction of sp³-hybridized carbons (Fsp3) is 0.375. The topological polar surface area (TPSA) is 96.8 Å². The van der Waals surface area contributed by atoms with E-state index >= 15 is 0 Å². The van der Waals surface area contributed by atoms with Crippen molar-refractivity contribution in [2.24, 2.45) is 0 Å². The van der Waals surface area contributed by atoms with Crippen LogP contribution in [-0.4, -0.2) is 38.4 Å². The van der Waals surface area contributed by atoms with Crippen molar-refractivity contribution in [3.8, 4) is 11.4 Å². The fourth-order valence-corrected chi connectivity index (χ4v) is 4.38. The Hall–Kier alpha value is -1.40. The highest BCUT2D eigenvalue weighted by Gasteiger charge is 2.23. The van der Waals surface area contributed by atoms with E-state index in [1.807, 2.05) is 0 Å². The van der Waals surface area contributed by atoms with Crippen LogP contribution in [0.2, 0.25) is 0 Å². The van der Waals surface area contributed by atoms with Crippen LogP contribution in [0.15, 0.2) is 36.7 Å². The first-order valence-electron chi connectivity index (χ1n) is 7.68. The van der Waals surface area contributed by atoms with Crippen molar-refractivity contribution in [3.05, 3.63) is 47.8 Å². The molecule has 0 spiro atoms. The van der Waals surface area contributed by atoms with E-state index in [-0.39, 0.29) is 12.3 Å². The van der Waals surface area contributed by atoms with Gasteiger partial charge in [0.25, 0.3) is 0 Å². The molecule has 0 amide bonds. The van der Waals surface area contributed by atoms with Crippen LogP contribution in [-0.2, 0) is 39.5 Å². The maximum Gasteiger partial charge on any atom is 0.334 e. The normalized spacial score (nSPS) is 12.3. The summed E-state index contributed by atoms with van der Waals surface area (Å²) >= 11 is 0. The van der Waals surface area contributed by atoms with Crippen molar-refractivity contribution in [2.45, 2.75) is 12.3 Å². The Bertz CT molecular complexity index is 759. The van der Waals surface area contributed by atoms with E-state index in [4.69, 9.17) is 18.1 Å². The Labute approximate surface area is 152 Å². The molecule has 0 aliphatic heterocycles. The van der Waals surface area contributed by atoms with Gasteiger partial charge in [-0.15, -0.1) is 0 Å². The van der Waals surface area contributed by atoms with E-state index in [0.717, 1.165) is 11.1 Å². The Morgan fingerprint density at radius 2 is 1.08 bits per heavy atom. The van der Waals surface area contributed by atoms with Gasteiger partial charge in [0.2, 0.25) is 0 Å². The average molecular weight is 400 g/mol. The molecule has 0 N–H and O–H groups in total. The molecule has 0 aliphatic rings. The molecule has 0 bridgehead atoms. The zero-order chi connectivity index (χ0) is 19.2. The number of pyridine rings is 2. The zero-order valence-electron chi connectivity index (χ0n) is 15.1. The van der Waals surface area contributed by atoms with Crippen LogP contribution in [0.5, 0.6) is 0 Å². The van der Waals surface area contributed by atoms with Crippen LogP contribution >= 0.6 is 15.2 Å². The first kappa shape index (κ1) is 20.9. The highest BCUT2D eigenvalue weighted by molar-refractivity contribution is 7.53. The van der Waals surface area contributed by atoms with Crippen LogP contribution in [0.25, 0.3) is 11.4 Å². The summed E-state index contributed by atoms with van der Waals surface area (Å²) in [5, 5.41) is 0. The molecule has 0 fully saturated rings. The zero-order valence-corrected chi connectivity index (χ0v) is 16.9. The van der Waals surface area contributed by atoms with Gasteiger partial charge in [0, 0.05) is 40.8 Å². The largest absolute Gasteiger partial charge is 0.334 e. The highest BCUT2D eigenvalue weighted by atomic mass is 31.2. The molecule has 0 saturated carbocycles. The lowest BCUT2D eigenvalue weighted by molar-refractivity contribution is 0.274. The number of hydrogen-bond donors (Lipinski definition) is 0. The second-order valence-corrected chi connectivity index (χ2v) is 9.90. The molecule has 26 heavy (non-hydrogen) atoms. The van der Waals surface area contributed by atoms with Crippen LogP contribution in [0.4, 0.5) is 0 Å². The third kappa shape index (κ3) is 5.30. The summed E-state index contributed by atoms with van der Waals surface area (Å²) in [6, 6.07) is 7.01. The van der Waals surface area contributed by atoms with Gasteiger partial charge in [-0.3, -0.25) is 19.1 Å². The van der Waals surface area contributed by atoms with Gasteiger partial charge in [0.05, 0.1) is 23.7 Å². The predicted molar refractivity (Wildman–Crippen MR) is 98.1 cm³/mol. The molecule has 2 rings (SSSR count). The summed E-state index contributed by atoms with van der Waals surface area (Å²) in [6.07, 6.45) is 3.45. The maximum absolute atomic E-state index is 12.3. The van der Waals surface area contributed by atoms with Gasteiger partial charge in [-0.05, 0) is 35.4 Å². The predicted octanol–water partition coefficient (Wildman–Crippen LogP) is 4.12. The van der Waals surface area contributed by atoms with Gasteiger partial charge in [-0.1, -0.05) is 0 Å². The number of nitrogens with zero attached hydrogens (tertiary/aromatic N) is 2. The van der Waals surface area contributed by atoms with Gasteiger partial charge in [-0.25, -0.2) is 0 Å². The molecule has 2 aromatic rings. The number of hydrogen-bond acceptors (Lipinski definition) is 8. The van der Waals surface area contributed by atoms with E-state index in [2.05, 4.69) is 9.97 Å². The minimum atomic E-state index is -3.18. The molecule has 0 unspecified atom stereocenters. The Morgan fingerprint density at radius 1 is 0.731 bits per heavy atom. The summed E-state index contributed by atoms with van der Waals surface area (Å²) in [7, 11) is -0.963. The molecule has 0 aromatic carbocycles. The standard InChI is InChI=1S/C16H22N2O6P2/c1-21-25(19,22-2)11-13-5-7-17-15(9-13)16-10-14(6-8-18-16)12-26(20,23-3)24-4/h5-10H,11-12H2,1-4H3. The quantitative estimate of drug-likeness (QED) is 0.580. The summed E-state index contributed by atoms with van der Waals surface area (Å²) in [4.78, 5) is 8.61. The van der Waals surface area contributed by atoms with Crippen molar-refractivity contribution >= 4 is 15.2 Å². The molecule has 0 radical (unpaired) electrons. The monoisotopic (exact) mass is 400 g/mol. The van der Waals surface area contributed by atoms with E-state index in [9.17, 15) is 9.13 Å². The molecule has 8 nitrogen and oxygen atoms in total. The highest BCUT2D eigenvalue weighted by Crippen LogP contribution is 2.50. The summed E-state index contributed by atoms with van der Waals surface area (Å²) < 4.78 is 44.5. The van der Waals surface area contributed by atoms with Crippen LogP contribution in [0.1, 0.15) is 11.1 Å². The van der Waals surface area contributed by atoms with E-state index < -0.39 is 15.2 Å². The molecule has 0 saturated heterocycles. The smallest absolute Gasteiger partial charge is 0.312 e. The average Bonchev–Trinajstić information content (AvgIpc) is 2.68. The third-order valence-corrected chi connectivity index (χ3v) is 7.51. The molecule has 2 heterocycles. The first-order chi connectivity index (χ1) is 12.4. The lowest BCUT2D eigenvalue weighted by Gasteiger charge is -2.14. The fourth-order valence-electron chi connectivity index (χ4n) is 2.28. The maximum atomic E-state index is 12.3. The Kier molecular flexibility index (Phi) is 7.24. The Morgan fingerprint density at radius 3 is 1.38 bits per heavy atom. The van der Waals surface area contributed by atoms with Crippen LogP contribution < -0.4 is 0 Å². The summed E-state index contributed by atoms with van der Waals surface area (Å²) in [5.41, 5.74) is 2.67. The Balaban J connectivity index is 2.29. The van der Waals surface area contributed by atoms with E-state index in [0.29, 0.717) is 11.4 Å². The van der Waals surface area contributed by atoms with Gasteiger partial charge in [-0.2, -0.15) is 0 Å². The van der Waals surface area contributed by atoms with Crippen molar-refractivity contribution < 1.29 is 27.2 Å². The first-order valence-corrected chi connectivity index (χ1v) is 11.1. The van der Waals surface area contributed by atoms with Crippen molar-refractivity contribution in [2.75, 3.05) is 28.4 Å². The molecule has 10 heteroatoms. The number of rotatable bonds is 9. The lowest BCUT2D eigenvalue weighted by Crippen LogP contribution is -1.97. The van der Waals surface area contributed by atoms with Crippen molar-refractivity contribution in [1.29, 1.82) is 0 Å². The van der Waals surface area contributed by atoms with Gasteiger partial charge < -0.3 is 18.1 Å². The third-order valence-electron chi connectivity index (χ3n) is 3.78.